The Bertz CT molecular complexity index is 1250. The number of pyridine rings is 1. The number of carbonyl (C=O) groups is 1. The van der Waals surface area contributed by atoms with Crippen LogP contribution in [0, 0.1) is 0 Å². The number of anilines is 1. The molecule has 6 nitrogen and oxygen atoms in total. The number of fused-ring (bicyclic) bond motifs is 2. The number of benzene rings is 2. The third kappa shape index (κ3) is 4.10. The topological polar surface area (TPSA) is 76.1 Å². The van der Waals surface area contributed by atoms with E-state index in [2.05, 4.69) is 20.6 Å². The summed E-state index contributed by atoms with van der Waals surface area (Å²) in [6, 6.07) is 16.7. The molecule has 0 fully saturated rings. The molecular weight excluding hydrogens is 432 g/mol. The number of nitrogens with one attached hydrogen (secondary N) is 2. The molecule has 0 radical (unpaired) electrons. The van der Waals surface area contributed by atoms with Gasteiger partial charge in [0.1, 0.15) is 22.5 Å². The molecule has 1 aliphatic rings. The molecule has 2 N–H and O–H groups in total. The van der Waals surface area contributed by atoms with Crippen LogP contribution in [0.1, 0.15) is 32.7 Å². The van der Waals surface area contributed by atoms with Crippen molar-refractivity contribution in [3.8, 4) is 11.5 Å². The van der Waals surface area contributed by atoms with Crippen LogP contribution in [0.15, 0.2) is 72.4 Å². The van der Waals surface area contributed by atoms with Gasteiger partial charge in [-0.05, 0) is 35.9 Å². The average Bonchev–Trinajstić information content (AvgIpc) is 3.22. The fraction of sp³-hybridized carbons (Fsp3) is 0.0870. The fourth-order valence-corrected chi connectivity index (χ4v) is 4.40. The van der Waals surface area contributed by atoms with Crippen molar-refractivity contribution in [3.63, 3.8) is 0 Å². The lowest BCUT2D eigenvalue weighted by Gasteiger charge is -2.16. The molecule has 1 amide bonds. The van der Waals surface area contributed by atoms with E-state index in [4.69, 9.17) is 16.3 Å². The van der Waals surface area contributed by atoms with Gasteiger partial charge in [0.05, 0.1) is 5.69 Å². The number of halogens is 1. The molecule has 1 atom stereocenters. The Morgan fingerprint density at radius 1 is 1.16 bits per heavy atom. The van der Waals surface area contributed by atoms with Crippen molar-refractivity contribution in [2.24, 2.45) is 0 Å². The van der Waals surface area contributed by atoms with E-state index in [0.29, 0.717) is 23.0 Å². The van der Waals surface area contributed by atoms with Gasteiger partial charge in [0.25, 0.3) is 5.91 Å². The van der Waals surface area contributed by atoms with Crippen LogP contribution in [0.3, 0.4) is 0 Å². The highest BCUT2D eigenvalue weighted by Gasteiger charge is 2.27. The molecule has 0 bridgehead atoms. The van der Waals surface area contributed by atoms with Gasteiger partial charge in [-0.1, -0.05) is 35.9 Å². The van der Waals surface area contributed by atoms with E-state index in [9.17, 15) is 4.79 Å². The number of aromatic nitrogens is 2. The van der Waals surface area contributed by atoms with Gasteiger partial charge in [0.15, 0.2) is 5.75 Å². The minimum absolute atomic E-state index is 0.229. The predicted molar refractivity (Wildman–Crippen MR) is 121 cm³/mol. The Hall–Kier alpha value is -3.42. The quantitative estimate of drug-likeness (QED) is 0.435. The largest absolute Gasteiger partial charge is 0.455 e. The fourth-order valence-electron chi connectivity index (χ4n) is 3.36. The maximum atomic E-state index is 12.6. The predicted octanol–water partition coefficient (Wildman–Crippen LogP) is 5.43. The molecule has 2 aromatic carbocycles. The summed E-state index contributed by atoms with van der Waals surface area (Å²) in [7, 11) is 0. The van der Waals surface area contributed by atoms with E-state index in [1.807, 2.05) is 48.5 Å². The summed E-state index contributed by atoms with van der Waals surface area (Å²) in [5, 5.41) is 9.50. The molecule has 5 rings (SSSR count). The van der Waals surface area contributed by atoms with Crippen LogP contribution in [-0.2, 0) is 6.54 Å². The Morgan fingerprint density at radius 3 is 2.94 bits per heavy atom. The number of thiazole rings is 1. The van der Waals surface area contributed by atoms with Gasteiger partial charge in [-0.15, -0.1) is 11.3 Å². The van der Waals surface area contributed by atoms with Gasteiger partial charge in [-0.3, -0.25) is 9.78 Å². The van der Waals surface area contributed by atoms with Crippen LogP contribution < -0.4 is 15.4 Å². The van der Waals surface area contributed by atoms with Crippen molar-refractivity contribution in [1.82, 2.24) is 15.3 Å². The lowest BCUT2D eigenvalue weighted by Crippen LogP contribution is -2.23. The highest BCUT2D eigenvalue weighted by molar-refractivity contribution is 7.10. The van der Waals surface area contributed by atoms with E-state index in [-0.39, 0.29) is 11.9 Å². The first-order valence-electron chi connectivity index (χ1n) is 9.63. The second-order valence-electron chi connectivity index (χ2n) is 6.97. The van der Waals surface area contributed by atoms with Crippen LogP contribution in [0.5, 0.6) is 11.5 Å². The van der Waals surface area contributed by atoms with Gasteiger partial charge >= 0.3 is 0 Å². The zero-order chi connectivity index (χ0) is 21.2. The van der Waals surface area contributed by atoms with Crippen molar-refractivity contribution in [2.75, 3.05) is 5.32 Å². The molecule has 154 valence electrons. The first kappa shape index (κ1) is 19.5. The van der Waals surface area contributed by atoms with Crippen molar-refractivity contribution < 1.29 is 9.53 Å². The molecule has 0 spiro atoms. The minimum atomic E-state index is -0.277. The smallest absolute Gasteiger partial charge is 0.271 e. The number of nitrogens with zero attached hydrogens (tertiary/aromatic N) is 2. The number of carbonyl (C=O) groups excluding carboxylic acids is 1. The van der Waals surface area contributed by atoms with Crippen LogP contribution in [0.2, 0.25) is 5.02 Å². The number of amides is 1. The van der Waals surface area contributed by atoms with E-state index in [0.717, 1.165) is 27.6 Å². The number of hydrogen-bond acceptors (Lipinski definition) is 6. The number of rotatable bonds is 4. The normalized spacial score (nSPS) is 14.4. The van der Waals surface area contributed by atoms with E-state index in [1.165, 1.54) is 11.3 Å². The van der Waals surface area contributed by atoms with Gasteiger partial charge in [0, 0.05) is 34.9 Å². The standard InChI is InChI=1S/C23H17ClN4O2S/c24-15-7-8-20-17(10-15)27-21(16-5-1-2-6-19(16)30-20)23-28-18(13-31-23)22(29)26-12-14-4-3-9-25-11-14/h1-11,13,21,27H,12H2,(H,26,29). The maximum Gasteiger partial charge on any atom is 0.271 e. The Balaban J connectivity index is 1.43. The minimum Gasteiger partial charge on any atom is -0.455 e. The Kier molecular flexibility index (Phi) is 5.28. The van der Waals surface area contributed by atoms with Crippen molar-refractivity contribution in [3.05, 3.63) is 99.2 Å². The SMILES string of the molecule is O=C(NCc1cccnc1)c1csc(C2Nc3cc(Cl)ccc3Oc3ccccc32)n1. The number of para-hydroxylation sites is 1. The summed E-state index contributed by atoms with van der Waals surface area (Å²) in [6.45, 7) is 0.393. The highest BCUT2D eigenvalue weighted by Crippen LogP contribution is 2.43. The summed E-state index contributed by atoms with van der Waals surface area (Å²) in [5.41, 5.74) is 3.01. The maximum absolute atomic E-state index is 12.6. The summed E-state index contributed by atoms with van der Waals surface area (Å²) in [5.74, 6) is 1.19. The van der Waals surface area contributed by atoms with Crippen molar-refractivity contribution in [1.29, 1.82) is 0 Å². The summed E-state index contributed by atoms with van der Waals surface area (Å²) in [4.78, 5) is 21.3. The van der Waals surface area contributed by atoms with Crippen molar-refractivity contribution in [2.45, 2.75) is 12.6 Å². The third-order valence-corrected chi connectivity index (χ3v) is 6.01. The van der Waals surface area contributed by atoms with Crippen LogP contribution in [-0.4, -0.2) is 15.9 Å². The highest BCUT2D eigenvalue weighted by atomic mass is 35.5. The molecule has 31 heavy (non-hydrogen) atoms. The second kappa shape index (κ2) is 8.37. The monoisotopic (exact) mass is 448 g/mol. The van der Waals surface area contributed by atoms with Gasteiger partial charge < -0.3 is 15.4 Å². The Labute approximate surface area is 187 Å². The lowest BCUT2D eigenvalue weighted by atomic mass is 10.1. The molecule has 4 aromatic rings. The van der Waals surface area contributed by atoms with E-state index >= 15 is 0 Å². The van der Waals surface area contributed by atoms with E-state index < -0.39 is 0 Å². The van der Waals surface area contributed by atoms with Gasteiger partial charge in [-0.25, -0.2) is 4.98 Å². The van der Waals surface area contributed by atoms with Crippen LogP contribution in [0.25, 0.3) is 0 Å². The van der Waals surface area contributed by atoms with Crippen LogP contribution in [0.4, 0.5) is 5.69 Å². The number of hydrogen-bond donors (Lipinski definition) is 2. The number of ether oxygens (including phenoxy) is 1. The average molecular weight is 449 g/mol. The third-order valence-electron chi connectivity index (χ3n) is 4.87. The molecule has 0 saturated carbocycles. The molecule has 1 aliphatic heterocycles. The van der Waals surface area contributed by atoms with Crippen molar-refractivity contribution >= 4 is 34.5 Å². The molecular formula is C23H17ClN4O2S. The van der Waals surface area contributed by atoms with E-state index in [1.54, 1.807) is 23.8 Å². The molecule has 1 unspecified atom stereocenters. The first-order chi connectivity index (χ1) is 15.2. The lowest BCUT2D eigenvalue weighted by molar-refractivity contribution is 0.0946. The molecule has 0 saturated heterocycles. The molecule has 2 aromatic heterocycles. The molecule has 3 heterocycles. The van der Waals surface area contributed by atoms with Gasteiger partial charge in [-0.2, -0.15) is 0 Å². The van der Waals surface area contributed by atoms with Gasteiger partial charge in [0.2, 0.25) is 0 Å². The molecule has 8 heteroatoms. The summed E-state index contributed by atoms with van der Waals surface area (Å²) >= 11 is 7.62. The second-order valence-corrected chi connectivity index (χ2v) is 8.30. The van der Waals surface area contributed by atoms with Crippen LogP contribution >= 0.6 is 22.9 Å². The molecule has 0 aliphatic carbocycles. The summed E-state index contributed by atoms with van der Waals surface area (Å²) < 4.78 is 6.12. The summed E-state index contributed by atoms with van der Waals surface area (Å²) in [6.07, 6.45) is 3.42. The zero-order valence-corrected chi connectivity index (χ0v) is 17.8. The Morgan fingerprint density at radius 2 is 2.06 bits per heavy atom. The first-order valence-corrected chi connectivity index (χ1v) is 10.9. The zero-order valence-electron chi connectivity index (χ0n) is 16.2.